The van der Waals surface area contributed by atoms with Crippen molar-refractivity contribution >= 4 is 16.3 Å². The molecule has 0 aliphatic carbocycles. The van der Waals surface area contributed by atoms with E-state index in [0.717, 1.165) is 16.3 Å². The van der Waals surface area contributed by atoms with Gasteiger partial charge in [-0.15, -0.1) is 0 Å². The number of fused-ring (bicyclic) bond motifs is 1. The van der Waals surface area contributed by atoms with E-state index in [9.17, 15) is 4.39 Å². The Kier molecular flexibility index (Phi) is 2.79. The highest BCUT2D eigenvalue weighted by Gasteiger charge is 2.04. The first-order valence-corrected chi connectivity index (χ1v) is 4.75. The molecule has 0 amide bonds. The molecule has 2 rings (SSSR count). The van der Waals surface area contributed by atoms with E-state index >= 15 is 0 Å². The maximum absolute atomic E-state index is 12.5. The Labute approximate surface area is 87.5 Å². The van der Waals surface area contributed by atoms with Gasteiger partial charge in [-0.2, -0.15) is 0 Å². The summed E-state index contributed by atoms with van der Waals surface area (Å²) < 4.78 is 12.5. The third-order valence-electron chi connectivity index (χ3n) is 2.44. The van der Waals surface area contributed by atoms with E-state index in [4.69, 9.17) is 5.11 Å². The van der Waals surface area contributed by atoms with Crippen LogP contribution >= 0.6 is 0 Å². The molecule has 0 saturated carbocycles. The Bertz CT molecular complexity index is 497. The van der Waals surface area contributed by atoms with Crippen molar-refractivity contribution in [2.75, 3.05) is 6.61 Å². The van der Waals surface area contributed by atoms with Crippen molar-refractivity contribution in [2.45, 2.75) is 0 Å². The third kappa shape index (κ3) is 1.76. The molecule has 1 nitrogen and oxygen atoms in total. The lowest BCUT2D eigenvalue weighted by molar-refractivity contribution is 0.349. The van der Waals surface area contributed by atoms with Crippen molar-refractivity contribution in [1.82, 2.24) is 0 Å². The van der Waals surface area contributed by atoms with Crippen molar-refractivity contribution in [2.24, 2.45) is 0 Å². The molecule has 0 fully saturated rings. The highest BCUT2D eigenvalue weighted by atomic mass is 19.1. The second-order valence-corrected chi connectivity index (χ2v) is 3.32. The van der Waals surface area contributed by atoms with E-state index in [1.807, 2.05) is 42.5 Å². The minimum absolute atomic E-state index is 0.287. The van der Waals surface area contributed by atoms with Crippen molar-refractivity contribution in [3.63, 3.8) is 0 Å². The molecule has 0 unspecified atom stereocenters. The first kappa shape index (κ1) is 9.87. The molecule has 2 aromatic carbocycles. The standard InChI is InChI=1S/C13H11FO/c14-8-11(9-15)13-7-3-5-10-4-1-2-6-12(10)13/h1-8,15H,9H2/b11-8+. The lowest BCUT2D eigenvalue weighted by Gasteiger charge is -2.06. The summed E-state index contributed by atoms with van der Waals surface area (Å²) in [7, 11) is 0. The van der Waals surface area contributed by atoms with Crippen LogP contribution in [0.4, 0.5) is 4.39 Å². The van der Waals surface area contributed by atoms with E-state index in [-0.39, 0.29) is 6.61 Å². The Morgan fingerprint density at radius 3 is 2.60 bits per heavy atom. The minimum Gasteiger partial charge on any atom is -0.392 e. The first-order valence-electron chi connectivity index (χ1n) is 4.75. The smallest absolute Gasteiger partial charge is 0.0928 e. The fourth-order valence-corrected chi connectivity index (χ4v) is 1.68. The Hall–Kier alpha value is -1.67. The third-order valence-corrected chi connectivity index (χ3v) is 2.44. The van der Waals surface area contributed by atoms with E-state index < -0.39 is 0 Å². The van der Waals surface area contributed by atoms with Gasteiger partial charge in [0.05, 0.1) is 12.9 Å². The first-order chi connectivity index (χ1) is 7.36. The fraction of sp³-hybridized carbons (Fsp3) is 0.0769. The molecule has 0 saturated heterocycles. The zero-order valence-corrected chi connectivity index (χ0v) is 8.15. The van der Waals surface area contributed by atoms with Crippen LogP contribution in [0, 0.1) is 0 Å². The highest BCUT2D eigenvalue weighted by Crippen LogP contribution is 2.24. The van der Waals surface area contributed by atoms with E-state index in [1.54, 1.807) is 0 Å². The van der Waals surface area contributed by atoms with Gasteiger partial charge in [-0.05, 0) is 16.3 Å². The Morgan fingerprint density at radius 1 is 1.13 bits per heavy atom. The van der Waals surface area contributed by atoms with Gasteiger partial charge in [0, 0.05) is 5.57 Å². The van der Waals surface area contributed by atoms with Gasteiger partial charge in [0.25, 0.3) is 0 Å². The SMILES string of the molecule is OC/C(=C\F)c1cccc2ccccc12. The number of benzene rings is 2. The number of hydrogen-bond acceptors (Lipinski definition) is 1. The average molecular weight is 202 g/mol. The number of rotatable bonds is 2. The summed E-state index contributed by atoms with van der Waals surface area (Å²) in [6.45, 7) is -0.287. The zero-order chi connectivity index (χ0) is 10.7. The van der Waals surface area contributed by atoms with E-state index in [1.165, 1.54) is 0 Å². The predicted molar refractivity (Wildman–Crippen MR) is 60.1 cm³/mol. The summed E-state index contributed by atoms with van der Waals surface area (Å²) in [5, 5.41) is 11.0. The maximum Gasteiger partial charge on any atom is 0.0928 e. The number of hydrogen-bond donors (Lipinski definition) is 1. The van der Waals surface area contributed by atoms with E-state index in [2.05, 4.69) is 0 Å². The fourth-order valence-electron chi connectivity index (χ4n) is 1.68. The second-order valence-electron chi connectivity index (χ2n) is 3.32. The van der Waals surface area contributed by atoms with Crippen LogP contribution in [0.15, 0.2) is 48.8 Å². The van der Waals surface area contributed by atoms with Crippen molar-refractivity contribution < 1.29 is 9.50 Å². The van der Waals surface area contributed by atoms with Crippen molar-refractivity contribution in [3.8, 4) is 0 Å². The van der Waals surface area contributed by atoms with Gasteiger partial charge < -0.3 is 5.11 Å². The summed E-state index contributed by atoms with van der Waals surface area (Å²) in [5.74, 6) is 0. The summed E-state index contributed by atoms with van der Waals surface area (Å²) in [6, 6.07) is 13.4. The van der Waals surface area contributed by atoms with Gasteiger partial charge in [0.2, 0.25) is 0 Å². The molecular weight excluding hydrogens is 191 g/mol. The highest BCUT2D eigenvalue weighted by molar-refractivity contribution is 5.93. The molecular formula is C13H11FO. The molecule has 2 heteroatoms. The topological polar surface area (TPSA) is 20.2 Å². The Morgan fingerprint density at radius 2 is 1.87 bits per heavy atom. The van der Waals surface area contributed by atoms with Gasteiger partial charge in [-0.1, -0.05) is 42.5 Å². The largest absolute Gasteiger partial charge is 0.392 e. The summed E-state index contributed by atoms with van der Waals surface area (Å²) in [5.41, 5.74) is 1.06. The summed E-state index contributed by atoms with van der Waals surface area (Å²) >= 11 is 0. The van der Waals surface area contributed by atoms with Crippen molar-refractivity contribution in [3.05, 3.63) is 54.4 Å². The average Bonchev–Trinajstić information content (AvgIpc) is 2.31. The van der Waals surface area contributed by atoms with Gasteiger partial charge in [0.15, 0.2) is 0 Å². The molecule has 1 N–H and O–H groups in total. The molecule has 2 aromatic rings. The van der Waals surface area contributed by atoms with Crippen LogP contribution in [0.1, 0.15) is 5.56 Å². The summed E-state index contributed by atoms with van der Waals surface area (Å²) in [4.78, 5) is 0. The van der Waals surface area contributed by atoms with Crippen LogP contribution in [0.3, 0.4) is 0 Å². The van der Waals surface area contributed by atoms with Crippen LogP contribution < -0.4 is 0 Å². The quantitative estimate of drug-likeness (QED) is 0.793. The van der Waals surface area contributed by atoms with Crippen LogP contribution in [0.25, 0.3) is 16.3 Å². The second kappa shape index (κ2) is 4.24. The minimum atomic E-state index is -0.287. The number of aliphatic hydroxyl groups is 1. The summed E-state index contributed by atoms with van der Waals surface area (Å²) in [6.07, 6.45) is 0.460. The number of aliphatic hydroxyl groups excluding tert-OH is 1. The number of halogens is 1. The van der Waals surface area contributed by atoms with Gasteiger partial charge in [-0.3, -0.25) is 0 Å². The molecule has 76 valence electrons. The molecule has 0 atom stereocenters. The normalized spacial score (nSPS) is 12.0. The molecule has 0 bridgehead atoms. The molecule has 15 heavy (non-hydrogen) atoms. The Balaban J connectivity index is 2.71. The molecule has 0 aliphatic rings. The van der Waals surface area contributed by atoms with Gasteiger partial charge in [0.1, 0.15) is 0 Å². The lowest BCUT2D eigenvalue weighted by Crippen LogP contribution is -1.90. The molecule has 0 spiro atoms. The monoisotopic (exact) mass is 202 g/mol. The molecule has 0 aliphatic heterocycles. The van der Waals surface area contributed by atoms with Crippen LogP contribution in [-0.4, -0.2) is 11.7 Å². The van der Waals surface area contributed by atoms with Crippen LogP contribution in [-0.2, 0) is 0 Å². The predicted octanol–water partition coefficient (Wildman–Crippen LogP) is 3.14. The molecule has 0 radical (unpaired) electrons. The van der Waals surface area contributed by atoms with Gasteiger partial charge >= 0.3 is 0 Å². The molecule has 0 heterocycles. The van der Waals surface area contributed by atoms with Crippen molar-refractivity contribution in [1.29, 1.82) is 0 Å². The molecule has 0 aromatic heterocycles. The van der Waals surface area contributed by atoms with Gasteiger partial charge in [-0.25, -0.2) is 4.39 Å². The van der Waals surface area contributed by atoms with Crippen LogP contribution in [0.5, 0.6) is 0 Å². The van der Waals surface area contributed by atoms with E-state index in [0.29, 0.717) is 11.9 Å². The maximum atomic E-state index is 12.5. The lowest BCUT2D eigenvalue weighted by atomic mass is 10.00. The van der Waals surface area contributed by atoms with Crippen LogP contribution in [0.2, 0.25) is 0 Å². The zero-order valence-electron chi connectivity index (χ0n) is 8.15.